The van der Waals surface area contributed by atoms with E-state index >= 15 is 0 Å². The Morgan fingerprint density at radius 3 is 2.16 bits per heavy atom. The average molecular weight is 702 g/mol. The van der Waals surface area contributed by atoms with Crippen LogP contribution in [0, 0.1) is 11.6 Å². The molecule has 0 aliphatic carbocycles. The van der Waals surface area contributed by atoms with Crippen molar-refractivity contribution in [3.8, 4) is 22.9 Å². The summed E-state index contributed by atoms with van der Waals surface area (Å²) >= 11 is 0. The normalized spacial score (nSPS) is 18.1. The molecule has 0 atom stereocenters. The number of ether oxygens (including phenoxy) is 3. The minimum Gasteiger partial charge on any atom is -0.497 e. The predicted molar refractivity (Wildman–Crippen MR) is 196 cm³/mol. The summed E-state index contributed by atoms with van der Waals surface area (Å²) in [6, 6.07) is 13.2. The van der Waals surface area contributed by atoms with Crippen molar-refractivity contribution < 1.29 is 32.3 Å². The quantitative estimate of drug-likeness (QED) is 0.0746. The lowest BCUT2D eigenvalue weighted by Gasteiger charge is -2.50. The number of benzene rings is 3. The maximum Gasteiger partial charge on any atom is 0.264 e. The number of amides is 1. The molecule has 11 heteroatoms. The number of aromatic nitrogens is 1. The number of anilines is 1. The number of pyridine rings is 1. The zero-order valence-electron chi connectivity index (χ0n) is 29.5. The molecule has 3 aliphatic rings. The van der Waals surface area contributed by atoms with E-state index in [4.69, 9.17) is 14.2 Å². The summed E-state index contributed by atoms with van der Waals surface area (Å²) in [6.45, 7) is 13.1. The Bertz CT molecular complexity index is 1880. The van der Waals surface area contributed by atoms with Gasteiger partial charge in [0.25, 0.3) is 5.91 Å². The Labute approximate surface area is 297 Å². The van der Waals surface area contributed by atoms with Gasteiger partial charge in [-0.2, -0.15) is 0 Å². The fourth-order valence-corrected chi connectivity index (χ4v) is 7.30. The molecule has 1 amide bonds. The minimum atomic E-state index is -0.849. The first-order chi connectivity index (χ1) is 24.7. The number of hydrogen-bond acceptors (Lipinski definition) is 6. The standard InChI is InChI=1S/C40H47F2N4O5/c1-4-12-44(31-22-29(41)21-30(42)23-31)40(48)37-28-45(32-24-34(49-2)26-35(25-32)50-3)38-27-33(10-11-36(38)39(37)47)51-20-9-7-5-6-8-16-46-17-13-43(14-18-46)15-19-46/h4,10-11,21-28H,1,5-9,12-20H2,2-3H3/q+1. The van der Waals surface area contributed by atoms with E-state index in [0.717, 1.165) is 35.9 Å². The number of unbranched alkanes of at least 4 members (excludes halogenated alkanes) is 4. The maximum absolute atomic E-state index is 14.2. The summed E-state index contributed by atoms with van der Waals surface area (Å²) in [5, 5.41) is 0.264. The number of carbonyl (C=O) groups excluding carboxylic acids is 1. The molecule has 270 valence electrons. The lowest BCUT2D eigenvalue weighted by molar-refractivity contribution is -0.941. The molecule has 3 aliphatic heterocycles. The van der Waals surface area contributed by atoms with Crippen LogP contribution in [0.15, 0.2) is 78.2 Å². The molecule has 9 nitrogen and oxygen atoms in total. The van der Waals surface area contributed by atoms with Crippen molar-refractivity contribution in [1.29, 1.82) is 0 Å². The van der Waals surface area contributed by atoms with Crippen LogP contribution in [-0.2, 0) is 0 Å². The molecule has 0 saturated carbocycles. The van der Waals surface area contributed by atoms with Crippen molar-refractivity contribution in [3.63, 3.8) is 0 Å². The highest BCUT2D eigenvalue weighted by atomic mass is 19.1. The van der Waals surface area contributed by atoms with Gasteiger partial charge in [0, 0.05) is 68.1 Å². The molecule has 3 aromatic carbocycles. The molecule has 0 N–H and O–H groups in total. The third kappa shape index (κ3) is 8.26. The number of hydrogen-bond donors (Lipinski definition) is 0. The number of quaternary nitrogens is 1. The average Bonchev–Trinajstić information content (AvgIpc) is 3.14. The van der Waals surface area contributed by atoms with Gasteiger partial charge in [-0.3, -0.25) is 14.5 Å². The summed E-state index contributed by atoms with van der Waals surface area (Å²) in [5.74, 6) is -0.840. The lowest BCUT2D eigenvalue weighted by Crippen LogP contribution is -2.67. The van der Waals surface area contributed by atoms with E-state index in [1.807, 2.05) is 0 Å². The Kier molecular flexibility index (Phi) is 11.4. The van der Waals surface area contributed by atoms with E-state index < -0.39 is 23.0 Å². The number of methoxy groups -OCH3 is 2. The van der Waals surface area contributed by atoms with E-state index in [-0.39, 0.29) is 23.2 Å². The number of carbonyl (C=O) groups is 1. The summed E-state index contributed by atoms with van der Waals surface area (Å²) in [5.41, 5.74) is 0.296. The van der Waals surface area contributed by atoms with Crippen LogP contribution in [0.1, 0.15) is 42.5 Å². The Morgan fingerprint density at radius 2 is 1.51 bits per heavy atom. The van der Waals surface area contributed by atoms with Crippen molar-refractivity contribution in [2.24, 2.45) is 0 Å². The van der Waals surface area contributed by atoms with Crippen LogP contribution in [0.2, 0.25) is 0 Å². The molecule has 0 radical (unpaired) electrons. The van der Waals surface area contributed by atoms with Gasteiger partial charge >= 0.3 is 0 Å². The van der Waals surface area contributed by atoms with Crippen molar-refractivity contribution >= 4 is 22.5 Å². The highest BCUT2D eigenvalue weighted by molar-refractivity contribution is 6.07. The Balaban J connectivity index is 1.22. The third-order valence-electron chi connectivity index (χ3n) is 10.3. The zero-order chi connectivity index (χ0) is 36.0. The largest absolute Gasteiger partial charge is 0.497 e. The van der Waals surface area contributed by atoms with Crippen LogP contribution in [0.5, 0.6) is 17.2 Å². The van der Waals surface area contributed by atoms with E-state index in [1.54, 1.807) is 41.0 Å². The van der Waals surface area contributed by atoms with Gasteiger partial charge in [0.15, 0.2) is 0 Å². The van der Waals surface area contributed by atoms with Crippen molar-refractivity contribution in [2.45, 2.75) is 32.1 Å². The first-order valence-corrected chi connectivity index (χ1v) is 17.7. The second-order valence-electron chi connectivity index (χ2n) is 13.5. The van der Waals surface area contributed by atoms with Crippen LogP contribution in [0.4, 0.5) is 14.5 Å². The van der Waals surface area contributed by atoms with Crippen LogP contribution in [0.25, 0.3) is 16.6 Å². The van der Waals surface area contributed by atoms with Gasteiger partial charge < -0.3 is 28.2 Å². The van der Waals surface area contributed by atoms with Gasteiger partial charge in [-0.25, -0.2) is 8.78 Å². The molecule has 1 aromatic heterocycles. The first kappa shape index (κ1) is 36.1. The molecule has 4 heterocycles. The molecule has 0 unspecified atom stereocenters. The van der Waals surface area contributed by atoms with Crippen LogP contribution >= 0.6 is 0 Å². The number of piperazine rings is 3. The Hall–Kier alpha value is -4.74. The Morgan fingerprint density at radius 1 is 0.863 bits per heavy atom. The van der Waals surface area contributed by atoms with Gasteiger partial charge in [0.1, 0.15) is 34.4 Å². The monoisotopic (exact) mass is 701 g/mol. The number of fused-ring (bicyclic) bond motifs is 4. The van der Waals surface area contributed by atoms with Crippen molar-refractivity contribution in [2.75, 3.05) is 78.1 Å². The fourth-order valence-electron chi connectivity index (χ4n) is 7.30. The van der Waals surface area contributed by atoms with Crippen LogP contribution in [0.3, 0.4) is 0 Å². The minimum absolute atomic E-state index is 0.0383. The van der Waals surface area contributed by atoms with E-state index in [0.29, 0.717) is 35.1 Å². The topological polar surface area (TPSA) is 73.2 Å². The van der Waals surface area contributed by atoms with E-state index in [1.165, 1.54) is 96.1 Å². The highest BCUT2D eigenvalue weighted by Crippen LogP contribution is 2.30. The second kappa shape index (κ2) is 16.1. The zero-order valence-corrected chi connectivity index (χ0v) is 29.5. The summed E-state index contributed by atoms with van der Waals surface area (Å²) < 4.78 is 48.6. The second-order valence-corrected chi connectivity index (χ2v) is 13.5. The van der Waals surface area contributed by atoms with E-state index in [9.17, 15) is 18.4 Å². The van der Waals surface area contributed by atoms with Crippen LogP contribution in [-0.4, -0.2) is 93.0 Å². The van der Waals surface area contributed by atoms with Gasteiger partial charge in [0.2, 0.25) is 5.43 Å². The molecule has 4 aromatic rings. The SMILES string of the molecule is C=CCN(C(=O)c1cn(-c2cc(OC)cc(OC)c2)c2cc(OCCCCCCC[N+]34CCN(CC3)CC4)ccc2c1=O)c1cc(F)cc(F)c1. The summed E-state index contributed by atoms with van der Waals surface area (Å²) in [6.07, 6.45) is 8.54. The van der Waals surface area contributed by atoms with Gasteiger partial charge in [-0.1, -0.05) is 18.9 Å². The molecule has 2 bridgehead atoms. The molecular formula is C40H47F2N4O5+. The molecule has 3 saturated heterocycles. The molecule has 3 fully saturated rings. The maximum atomic E-state index is 14.2. The smallest absolute Gasteiger partial charge is 0.264 e. The number of nitrogens with zero attached hydrogens (tertiary/aromatic N) is 4. The molecule has 51 heavy (non-hydrogen) atoms. The first-order valence-electron chi connectivity index (χ1n) is 17.7. The van der Waals surface area contributed by atoms with Gasteiger partial charge in [-0.15, -0.1) is 6.58 Å². The van der Waals surface area contributed by atoms with Gasteiger partial charge in [0.05, 0.1) is 63.9 Å². The number of rotatable bonds is 16. The van der Waals surface area contributed by atoms with Crippen molar-refractivity contribution in [1.82, 2.24) is 9.47 Å². The third-order valence-corrected chi connectivity index (χ3v) is 10.3. The number of halogens is 2. The summed E-state index contributed by atoms with van der Waals surface area (Å²) in [7, 11) is 3.07. The highest BCUT2D eigenvalue weighted by Gasteiger charge is 2.37. The predicted octanol–water partition coefficient (Wildman–Crippen LogP) is 6.59. The molecule has 7 rings (SSSR count). The summed E-state index contributed by atoms with van der Waals surface area (Å²) in [4.78, 5) is 31.7. The lowest BCUT2D eigenvalue weighted by atomic mass is 10.1. The molecule has 0 spiro atoms. The van der Waals surface area contributed by atoms with Crippen molar-refractivity contribution in [3.05, 3.63) is 101 Å². The van der Waals surface area contributed by atoms with E-state index in [2.05, 4.69) is 11.5 Å². The van der Waals surface area contributed by atoms with Gasteiger partial charge in [-0.05, 0) is 43.5 Å². The van der Waals surface area contributed by atoms with Crippen LogP contribution < -0.4 is 24.5 Å². The fraction of sp³-hybridized carbons (Fsp3) is 0.400. The molecular weight excluding hydrogens is 654 g/mol.